The number of rotatable bonds is 5. The minimum absolute atomic E-state index is 0.140. The van der Waals surface area contributed by atoms with E-state index in [0.29, 0.717) is 27.8 Å². The van der Waals surface area contributed by atoms with Crippen molar-refractivity contribution in [2.24, 2.45) is 4.99 Å². The molecular weight excluding hydrogens is 358 g/mol. The van der Waals surface area contributed by atoms with Crippen LogP contribution in [0.2, 0.25) is 5.02 Å². The van der Waals surface area contributed by atoms with Gasteiger partial charge < -0.3 is 18.9 Å². The molecule has 0 atom stereocenters. The summed E-state index contributed by atoms with van der Waals surface area (Å²) in [5.74, 6) is 1.23. The molecule has 2 aromatic rings. The van der Waals surface area contributed by atoms with Gasteiger partial charge in [-0.05, 0) is 42.0 Å². The molecule has 0 aliphatic carbocycles. The second-order valence-corrected chi connectivity index (χ2v) is 5.73. The number of benzene rings is 2. The molecule has 0 N–H and O–H groups in total. The third-order valence-corrected chi connectivity index (χ3v) is 3.96. The highest BCUT2D eigenvalue weighted by atomic mass is 35.5. The van der Waals surface area contributed by atoms with Crippen molar-refractivity contribution in [1.82, 2.24) is 0 Å². The molecule has 0 saturated carbocycles. The fourth-order valence-electron chi connectivity index (χ4n) is 2.47. The molecule has 0 saturated heterocycles. The minimum atomic E-state index is -0.559. The largest absolute Gasteiger partial charge is 0.496 e. The number of carbonyl (C=O) groups excluding carboxylic acids is 1. The molecule has 0 radical (unpaired) electrons. The van der Waals surface area contributed by atoms with Crippen LogP contribution in [0.25, 0.3) is 6.08 Å². The first-order valence-electron chi connectivity index (χ1n) is 7.64. The molecule has 0 amide bonds. The second-order valence-electron chi connectivity index (χ2n) is 5.30. The zero-order chi connectivity index (χ0) is 18.7. The number of ether oxygens (including phenoxy) is 4. The third kappa shape index (κ3) is 3.50. The number of methoxy groups -OCH3 is 3. The van der Waals surface area contributed by atoms with Gasteiger partial charge in [0.05, 0.1) is 26.9 Å². The highest BCUT2D eigenvalue weighted by molar-refractivity contribution is 6.31. The van der Waals surface area contributed by atoms with Gasteiger partial charge in [0.15, 0.2) is 17.2 Å². The first-order chi connectivity index (χ1) is 12.5. The number of halogens is 1. The van der Waals surface area contributed by atoms with E-state index < -0.39 is 5.97 Å². The number of carbonyl (C=O) groups is 1. The molecule has 0 aromatic heterocycles. The minimum Gasteiger partial charge on any atom is -0.496 e. The topological polar surface area (TPSA) is 66.3 Å². The van der Waals surface area contributed by atoms with Gasteiger partial charge in [-0.3, -0.25) is 0 Å². The molecular formula is C19H16ClNO5. The number of hydrogen-bond donors (Lipinski definition) is 0. The quantitative estimate of drug-likeness (QED) is 0.590. The van der Waals surface area contributed by atoms with Gasteiger partial charge in [0, 0.05) is 5.02 Å². The van der Waals surface area contributed by atoms with Crippen LogP contribution in [-0.2, 0) is 9.53 Å². The Labute approximate surface area is 155 Å². The van der Waals surface area contributed by atoms with E-state index in [1.165, 1.54) is 7.11 Å². The van der Waals surface area contributed by atoms with E-state index in [-0.39, 0.29) is 11.6 Å². The Morgan fingerprint density at radius 2 is 1.65 bits per heavy atom. The van der Waals surface area contributed by atoms with Crippen molar-refractivity contribution >= 4 is 29.5 Å². The molecule has 0 unspecified atom stereocenters. The Balaban J connectivity index is 1.98. The lowest BCUT2D eigenvalue weighted by Crippen LogP contribution is -2.07. The summed E-state index contributed by atoms with van der Waals surface area (Å²) in [6, 6.07) is 10.3. The predicted molar refractivity (Wildman–Crippen MR) is 98.2 cm³/mol. The van der Waals surface area contributed by atoms with Crippen molar-refractivity contribution in [1.29, 1.82) is 0 Å². The van der Waals surface area contributed by atoms with Crippen LogP contribution in [0.4, 0.5) is 0 Å². The van der Waals surface area contributed by atoms with Gasteiger partial charge in [-0.15, -0.1) is 0 Å². The third-order valence-electron chi connectivity index (χ3n) is 3.72. The van der Waals surface area contributed by atoms with E-state index in [0.717, 1.165) is 5.56 Å². The summed E-state index contributed by atoms with van der Waals surface area (Å²) in [6.45, 7) is 0. The molecule has 6 nitrogen and oxygen atoms in total. The van der Waals surface area contributed by atoms with E-state index >= 15 is 0 Å². The van der Waals surface area contributed by atoms with E-state index in [9.17, 15) is 4.79 Å². The van der Waals surface area contributed by atoms with Crippen LogP contribution >= 0.6 is 11.6 Å². The molecule has 1 aliphatic heterocycles. The van der Waals surface area contributed by atoms with Gasteiger partial charge >= 0.3 is 5.97 Å². The van der Waals surface area contributed by atoms with Crippen molar-refractivity contribution in [2.45, 2.75) is 0 Å². The maximum absolute atomic E-state index is 12.2. The molecule has 7 heteroatoms. The summed E-state index contributed by atoms with van der Waals surface area (Å²) >= 11 is 6.03. The first kappa shape index (κ1) is 17.8. The first-order valence-corrected chi connectivity index (χ1v) is 8.02. The Kier molecular flexibility index (Phi) is 5.14. The molecule has 0 spiro atoms. The van der Waals surface area contributed by atoms with Crippen molar-refractivity contribution in [3.05, 3.63) is 58.2 Å². The van der Waals surface area contributed by atoms with Gasteiger partial charge in [0.25, 0.3) is 0 Å². The highest BCUT2D eigenvalue weighted by Gasteiger charge is 2.26. The second kappa shape index (κ2) is 7.49. The number of cyclic esters (lactones) is 1. The number of aliphatic imine (C=N–C) groups is 1. The van der Waals surface area contributed by atoms with Crippen LogP contribution in [-0.4, -0.2) is 33.2 Å². The summed E-state index contributed by atoms with van der Waals surface area (Å²) in [5.41, 5.74) is 1.39. The van der Waals surface area contributed by atoms with Gasteiger partial charge in [-0.1, -0.05) is 17.7 Å². The van der Waals surface area contributed by atoms with Gasteiger partial charge in [-0.2, -0.15) is 0 Å². The Morgan fingerprint density at radius 1 is 0.962 bits per heavy atom. The van der Waals surface area contributed by atoms with E-state index in [4.69, 9.17) is 30.5 Å². The standard InChI is InChI=1S/C19H16ClNO5/c1-23-15-7-5-12(20)10-13(15)18-21-14(19(22)26-18)8-11-4-6-16(24-2)17(9-11)25-3/h4-10H,1-3H3/b14-8+. The fraction of sp³-hybridized carbons (Fsp3) is 0.158. The zero-order valence-electron chi connectivity index (χ0n) is 14.4. The molecule has 2 aromatic carbocycles. The lowest BCUT2D eigenvalue weighted by molar-refractivity contribution is -0.129. The van der Waals surface area contributed by atoms with E-state index in [2.05, 4.69) is 4.99 Å². The fourth-order valence-corrected chi connectivity index (χ4v) is 2.64. The number of esters is 1. The van der Waals surface area contributed by atoms with Crippen molar-refractivity contribution in [3.8, 4) is 17.2 Å². The van der Waals surface area contributed by atoms with Crippen LogP contribution < -0.4 is 14.2 Å². The summed E-state index contributed by atoms with van der Waals surface area (Å²) in [6.07, 6.45) is 1.61. The Bertz CT molecular complexity index is 920. The van der Waals surface area contributed by atoms with Gasteiger partial charge in [-0.25, -0.2) is 9.79 Å². The summed E-state index contributed by atoms with van der Waals surface area (Å²) in [7, 11) is 4.62. The summed E-state index contributed by atoms with van der Waals surface area (Å²) in [4.78, 5) is 16.5. The van der Waals surface area contributed by atoms with Crippen LogP contribution in [0.5, 0.6) is 17.2 Å². The summed E-state index contributed by atoms with van der Waals surface area (Å²) in [5, 5.41) is 0.483. The Morgan fingerprint density at radius 3 is 2.35 bits per heavy atom. The van der Waals surface area contributed by atoms with Crippen LogP contribution in [0.15, 0.2) is 47.1 Å². The Hall–Kier alpha value is -2.99. The van der Waals surface area contributed by atoms with Crippen molar-refractivity contribution in [3.63, 3.8) is 0 Å². The van der Waals surface area contributed by atoms with Crippen LogP contribution in [0, 0.1) is 0 Å². The van der Waals surface area contributed by atoms with Crippen molar-refractivity contribution in [2.75, 3.05) is 21.3 Å². The summed E-state index contributed by atoms with van der Waals surface area (Å²) < 4.78 is 21.0. The van der Waals surface area contributed by atoms with E-state index in [1.807, 2.05) is 0 Å². The van der Waals surface area contributed by atoms with Gasteiger partial charge in [0.1, 0.15) is 5.75 Å². The molecule has 26 heavy (non-hydrogen) atoms. The maximum Gasteiger partial charge on any atom is 0.363 e. The molecule has 1 heterocycles. The predicted octanol–water partition coefficient (Wildman–Crippen LogP) is 3.71. The van der Waals surface area contributed by atoms with E-state index in [1.54, 1.807) is 56.7 Å². The highest BCUT2D eigenvalue weighted by Crippen LogP contribution is 2.30. The molecule has 0 fully saturated rings. The van der Waals surface area contributed by atoms with Crippen LogP contribution in [0.3, 0.4) is 0 Å². The SMILES string of the molecule is COc1ccc(/C=C2/N=C(c3cc(Cl)ccc3OC)OC2=O)cc1OC. The normalized spacial score (nSPS) is 14.8. The average Bonchev–Trinajstić information content (AvgIpc) is 3.02. The molecule has 134 valence electrons. The molecule has 3 rings (SSSR count). The molecule has 1 aliphatic rings. The monoisotopic (exact) mass is 373 g/mol. The number of nitrogens with zero attached hydrogens (tertiary/aromatic N) is 1. The number of hydrogen-bond acceptors (Lipinski definition) is 6. The average molecular weight is 374 g/mol. The lowest BCUT2D eigenvalue weighted by atomic mass is 10.1. The maximum atomic E-state index is 12.2. The van der Waals surface area contributed by atoms with Gasteiger partial charge in [0.2, 0.25) is 5.90 Å². The smallest absolute Gasteiger partial charge is 0.363 e. The van der Waals surface area contributed by atoms with Crippen LogP contribution in [0.1, 0.15) is 11.1 Å². The molecule has 0 bridgehead atoms. The lowest BCUT2D eigenvalue weighted by Gasteiger charge is -2.07. The van der Waals surface area contributed by atoms with Crippen molar-refractivity contribution < 1.29 is 23.7 Å². The zero-order valence-corrected chi connectivity index (χ0v) is 15.2.